The Labute approximate surface area is 72.9 Å². The molecule has 2 nitrogen and oxygen atoms in total. The molecule has 1 N–H and O–H groups in total. The van der Waals surface area contributed by atoms with Crippen molar-refractivity contribution in [1.29, 1.82) is 0 Å². The predicted molar refractivity (Wildman–Crippen MR) is 49.9 cm³/mol. The predicted octanol–water partition coefficient (Wildman–Crippen LogP) is 2.40. The summed E-state index contributed by atoms with van der Waals surface area (Å²) in [5, 5.41) is 8.79. The highest BCUT2D eigenvalue weighted by Gasteiger charge is 2.25. The lowest BCUT2D eigenvalue weighted by Crippen LogP contribution is -2.21. The third-order valence-corrected chi connectivity index (χ3v) is 1.60. The van der Waals surface area contributed by atoms with E-state index in [9.17, 15) is 4.79 Å². The molecule has 0 aliphatic carbocycles. The van der Waals surface area contributed by atoms with Crippen LogP contribution in [-0.2, 0) is 4.79 Å². The van der Waals surface area contributed by atoms with E-state index < -0.39 is 11.4 Å². The second-order valence-electron chi connectivity index (χ2n) is 2.97. The van der Waals surface area contributed by atoms with Crippen molar-refractivity contribution in [2.45, 2.75) is 13.8 Å². The fourth-order valence-electron chi connectivity index (χ4n) is 0.542. The van der Waals surface area contributed by atoms with Crippen LogP contribution in [0, 0.1) is 5.41 Å². The van der Waals surface area contributed by atoms with Crippen molar-refractivity contribution >= 4 is 5.97 Å². The van der Waals surface area contributed by atoms with Gasteiger partial charge < -0.3 is 5.11 Å². The van der Waals surface area contributed by atoms with Crippen molar-refractivity contribution in [3.8, 4) is 0 Å². The third-order valence-electron chi connectivity index (χ3n) is 1.60. The molecule has 1 atom stereocenters. The molecule has 0 aliphatic heterocycles. The normalized spacial score (nSPS) is 15.5. The molecule has 0 aliphatic rings. The van der Waals surface area contributed by atoms with Crippen molar-refractivity contribution in [2.75, 3.05) is 0 Å². The van der Waals surface area contributed by atoms with E-state index in [2.05, 4.69) is 13.2 Å². The second kappa shape index (κ2) is 3.90. The van der Waals surface area contributed by atoms with Crippen molar-refractivity contribution < 1.29 is 9.90 Å². The lowest BCUT2D eigenvalue weighted by molar-refractivity contribution is -0.142. The molecule has 12 heavy (non-hydrogen) atoms. The van der Waals surface area contributed by atoms with Gasteiger partial charge >= 0.3 is 5.97 Å². The Morgan fingerprint density at radius 3 is 2.33 bits per heavy atom. The molecule has 0 spiro atoms. The van der Waals surface area contributed by atoms with Gasteiger partial charge in [0.1, 0.15) is 5.41 Å². The summed E-state index contributed by atoms with van der Waals surface area (Å²) >= 11 is 0. The highest BCUT2D eigenvalue weighted by atomic mass is 16.4. The largest absolute Gasteiger partial charge is 0.480 e. The van der Waals surface area contributed by atoms with Gasteiger partial charge in [0.05, 0.1) is 0 Å². The van der Waals surface area contributed by atoms with Crippen LogP contribution in [0.2, 0.25) is 0 Å². The fourth-order valence-corrected chi connectivity index (χ4v) is 0.542. The van der Waals surface area contributed by atoms with Gasteiger partial charge in [0, 0.05) is 0 Å². The zero-order chi connectivity index (χ0) is 9.78. The zero-order valence-electron chi connectivity index (χ0n) is 7.50. The molecule has 0 aromatic rings. The molecule has 1 unspecified atom stereocenters. The van der Waals surface area contributed by atoms with Crippen LogP contribution in [0.4, 0.5) is 0 Å². The number of aliphatic carboxylic acids is 1. The Hall–Kier alpha value is -1.31. The molecule has 0 bridgehead atoms. The van der Waals surface area contributed by atoms with Gasteiger partial charge in [0.15, 0.2) is 0 Å². The van der Waals surface area contributed by atoms with E-state index in [-0.39, 0.29) is 0 Å². The van der Waals surface area contributed by atoms with E-state index in [1.54, 1.807) is 19.1 Å². The summed E-state index contributed by atoms with van der Waals surface area (Å²) in [7, 11) is 0. The van der Waals surface area contributed by atoms with Gasteiger partial charge in [-0.15, -0.1) is 6.58 Å². The number of hydrogen-bond acceptors (Lipinski definition) is 1. The van der Waals surface area contributed by atoms with Gasteiger partial charge in [-0.3, -0.25) is 4.79 Å². The van der Waals surface area contributed by atoms with E-state index in [4.69, 9.17) is 5.11 Å². The molecule has 0 aromatic carbocycles. The molecule has 0 saturated carbocycles. The van der Waals surface area contributed by atoms with E-state index in [0.29, 0.717) is 0 Å². The number of hydrogen-bond donors (Lipinski definition) is 1. The molecular formula is C10H14O2. The summed E-state index contributed by atoms with van der Waals surface area (Å²) in [6.07, 6.45) is 4.65. The molecule has 0 saturated heterocycles. The van der Waals surface area contributed by atoms with Crippen LogP contribution in [0.1, 0.15) is 13.8 Å². The number of carboxylic acids is 1. The summed E-state index contributed by atoms with van der Waals surface area (Å²) < 4.78 is 0. The Kier molecular flexibility index (Phi) is 3.48. The lowest BCUT2D eigenvalue weighted by Gasteiger charge is -2.14. The van der Waals surface area contributed by atoms with Gasteiger partial charge in [0.25, 0.3) is 0 Å². The summed E-state index contributed by atoms with van der Waals surface area (Å²) in [5.74, 6) is -0.907. The molecule has 0 heterocycles. The van der Waals surface area contributed by atoms with Gasteiger partial charge in [-0.2, -0.15) is 0 Å². The fraction of sp³-hybridized carbons (Fsp3) is 0.300. The monoisotopic (exact) mass is 166 g/mol. The summed E-state index contributed by atoms with van der Waals surface area (Å²) in [6, 6.07) is 0. The van der Waals surface area contributed by atoms with Gasteiger partial charge in [0.2, 0.25) is 0 Å². The third kappa shape index (κ3) is 2.74. The van der Waals surface area contributed by atoms with Crippen molar-refractivity contribution in [2.24, 2.45) is 5.41 Å². The maximum atomic E-state index is 10.7. The standard InChI is InChI=1S/C10H14O2/c1-5-10(4,9(11)12)7-6-8(2)3/h5-7H,1-2H2,3-4H3,(H,11,12). The van der Waals surface area contributed by atoms with Crippen molar-refractivity contribution in [1.82, 2.24) is 0 Å². The Balaban J connectivity index is 4.67. The Bertz CT molecular complexity index is 238. The molecule has 0 radical (unpaired) electrons. The number of carbonyl (C=O) groups is 1. The van der Waals surface area contributed by atoms with E-state index in [0.717, 1.165) is 5.57 Å². The van der Waals surface area contributed by atoms with Crippen LogP contribution >= 0.6 is 0 Å². The molecule has 2 heteroatoms. The lowest BCUT2D eigenvalue weighted by atomic mass is 9.90. The van der Waals surface area contributed by atoms with E-state index in [1.807, 2.05) is 6.92 Å². The molecule has 0 amide bonds. The van der Waals surface area contributed by atoms with Gasteiger partial charge in [-0.1, -0.05) is 30.4 Å². The minimum absolute atomic E-state index is 0.823. The van der Waals surface area contributed by atoms with Crippen molar-refractivity contribution in [3.05, 3.63) is 37.0 Å². The first-order valence-corrected chi connectivity index (χ1v) is 3.64. The molecule has 66 valence electrons. The number of carboxylic acid groups (broad SMARTS) is 1. The number of allylic oxidation sites excluding steroid dienone is 2. The Morgan fingerprint density at radius 2 is 2.08 bits per heavy atom. The van der Waals surface area contributed by atoms with E-state index in [1.165, 1.54) is 6.08 Å². The van der Waals surface area contributed by atoms with Crippen LogP contribution in [0.25, 0.3) is 0 Å². The smallest absolute Gasteiger partial charge is 0.317 e. The first-order valence-electron chi connectivity index (χ1n) is 3.64. The average Bonchev–Trinajstić information content (AvgIpc) is 1.99. The van der Waals surface area contributed by atoms with Crippen LogP contribution in [0.15, 0.2) is 37.0 Å². The molecule has 0 fully saturated rings. The molecular weight excluding hydrogens is 152 g/mol. The van der Waals surface area contributed by atoms with E-state index >= 15 is 0 Å². The van der Waals surface area contributed by atoms with Crippen LogP contribution in [0.5, 0.6) is 0 Å². The Morgan fingerprint density at radius 1 is 1.58 bits per heavy atom. The summed E-state index contributed by atoms with van der Waals surface area (Å²) in [5.41, 5.74) is -0.164. The highest BCUT2D eigenvalue weighted by Crippen LogP contribution is 2.20. The highest BCUT2D eigenvalue weighted by molar-refractivity contribution is 5.79. The van der Waals surface area contributed by atoms with Gasteiger partial charge in [-0.05, 0) is 13.8 Å². The second-order valence-corrected chi connectivity index (χ2v) is 2.97. The van der Waals surface area contributed by atoms with Crippen molar-refractivity contribution in [3.63, 3.8) is 0 Å². The topological polar surface area (TPSA) is 37.3 Å². The molecule has 0 aromatic heterocycles. The number of rotatable bonds is 4. The first-order chi connectivity index (χ1) is 5.42. The van der Waals surface area contributed by atoms with Crippen LogP contribution in [-0.4, -0.2) is 11.1 Å². The minimum Gasteiger partial charge on any atom is -0.480 e. The average molecular weight is 166 g/mol. The minimum atomic E-state index is -0.987. The first kappa shape index (κ1) is 10.7. The maximum Gasteiger partial charge on any atom is 0.317 e. The van der Waals surface area contributed by atoms with Crippen LogP contribution in [0.3, 0.4) is 0 Å². The maximum absolute atomic E-state index is 10.7. The van der Waals surface area contributed by atoms with Crippen LogP contribution < -0.4 is 0 Å². The summed E-state index contributed by atoms with van der Waals surface area (Å²) in [4.78, 5) is 10.7. The molecule has 0 rings (SSSR count). The quantitative estimate of drug-likeness (QED) is 0.514. The SMILES string of the molecule is C=CC(C)(C=CC(=C)C)C(=O)O. The zero-order valence-corrected chi connectivity index (χ0v) is 7.50. The van der Waals surface area contributed by atoms with Gasteiger partial charge in [-0.25, -0.2) is 0 Å². The summed E-state index contributed by atoms with van der Waals surface area (Å²) in [6.45, 7) is 10.5.